The van der Waals surface area contributed by atoms with Gasteiger partial charge in [-0.1, -0.05) is 37.1 Å². The second-order valence-electron chi connectivity index (χ2n) is 21.0. The molecule has 3 aromatic carbocycles. The van der Waals surface area contributed by atoms with Crippen LogP contribution in [0.2, 0.25) is 0 Å². The van der Waals surface area contributed by atoms with Crippen molar-refractivity contribution >= 4 is 64.2 Å². The molecule has 0 bridgehead atoms. The summed E-state index contributed by atoms with van der Waals surface area (Å²) in [5.41, 5.74) is 0.825. The van der Waals surface area contributed by atoms with Crippen molar-refractivity contribution in [2.75, 3.05) is 24.7 Å². The van der Waals surface area contributed by atoms with Crippen molar-refractivity contribution in [1.29, 1.82) is 0 Å². The molecule has 10 atom stereocenters. The van der Waals surface area contributed by atoms with Crippen LogP contribution in [0.4, 0.5) is 17.1 Å². The minimum absolute atomic E-state index is 0.00882. The number of likely N-dealkylation sites (N-methyl/N-ethyl adjacent to an activating group) is 2. The van der Waals surface area contributed by atoms with Crippen LogP contribution < -0.4 is 58.1 Å². The van der Waals surface area contributed by atoms with Crippen LogP contribution in [0.5, 0.6) is 5.75 Å². The van der Waals surface area contributed by atoms with Crippen molar-refractivity contribution in [3.05, 3.63) is 80.1 Å². The van der Waals surface area contributed by atoms with E-state index in [4.69, 9.17) is 4.74 Å². The third kappa shape index (κ3) is 13.9. The zero-order valence-electron chi connectivity index (χ0n) is 44.4. The molecule has 7 amide bonds. The molecule has 4 aliphatic rings. The van der Waals surface area contributed by atoms with Crippen LogP contribution in [0.1, 0.15) is 122 Å². The lowest BCUT2D eigenvalue weighted by Crippen LogP contribution is -2.58. The van der Waals surface area contributed by atoms with Gasteiger partial charge in [-0.05, 0) is 147 Å². The Morgan fingerprint density at radius 2 is 1.17 bits per heavy atom. The second kappa shape index (κ2) is 25.7. The molecule has 10 unspecified atom stereocenters. The number of carbonyl (C=O) groups excluding carboxylic acids is 8. The van der Waals surface area contributed by atoms with Crippen molar-refractivity contribution in [2.45, 2.75) is 179 Å². The van der Waals surface area contributed by atoms with Gasteiger partial charge in [-0.15, -0.1) is 0 Å². The van der Waals surface area contributed by atoms with Gasteiger partial charge in [-0.25, -0.2) is 0 Å². The van der Waals surface area contributed by atoms with Crippen molar-refractivity contribution < 1.29 is 43.1 Å². The summed E-state index contributed by atoms with van der Waals surface area (Å²) in [7, 11) is 3.31. The summed E-state index contributed by atoms with van der Waals surface area (Å²) in [4.78, 5) is 135. The molecule has 0 saturated carbocycles. The molecule has 4 aliphatic heterocycles. The minimum atomic E-state index is -0.970. The van der Waals surface area contributed by atoms with E-state index in [2.05, 4.69) is 42.5 Å². The van der Waals surface area contributed by atoms with Gasteiger partial charge in [-0.3, -0.25) is 47.9 Å². The highest BCUT2D eigenvalue weighted by Gasteiger charge is 2.46. The summed E-state index contributed by atoms with van der Waals surface area (Å²) in [5, 5.41) is 23.3. The average molecular weight is 1050 g/mol. The van der Waals surface area contributed by atoms with Crippen molar-refractivity contribution in [3.63, 3.8) is 0 Å². The monoisotopic (exact) mass is 1050 g/mol. The van der Waals surface area contributed by atoms with E-state index in [0.29, 0.717) is 73.9 Å². The zero-order valence-corrected chi connectivity index (χ0v) is 44.4. The molecule has 0 spiro atoms. The third-order valence-corrected chi connectivity index (χ3v) is 15.4. The number of carbonyl (C=O) groups is 8. The van der Waals surface area contributed by atoms with E-state index < -0.39 is 59.1 Å². The van der Waals surface area contributed by atoms with E-state index in [0.717, 1.165) is 19.3 Å². The molecule has 76 heavy (non-hydrogen) atoms. The predicted octanol–water partition coefficient (Wildman–Crippen LogP) is 2.31. The first kappa shape index (κ1) is 56.7. The second-order valence-corrected chi connectivity index (χ2v) is 21.0. The molecule has 4 fully saturated rings. The van der Waals surface area contributed by atoms with Crippen LogP contribution in [0.25, 0.3) is 0 Å². The number of ether oxygens (including phenoxy) is 1. The standard InChI is InChI=1S/C55H74N10O11/c1-30(66)23-45(67)60-37-13-9-11-35(25-37)28-58-53(73)44-22-20-40-18-17-34(27-42(55(75)65(40)44)63-51(71)33(4)57-6)24-31(2)76-49-46(47(68)48(49)69)61-38-14-10-12-36(26-38)29-59-52(72)43-21-19-39-15-7-8-16-41(54(74)64(39)43)62-50(70)32(3)56-5/h9-14,25-26,31-34,39-44,56-57,61H,7-8,15-24,27-29H2,1-6H3,(H,58,73)(H,59,72)(H,60,67)(H,62,70)(H,63,71). The molecular formula is C55H74N10O11. The largest absolute Gasteiger partial charge is 0.484 e. The highest BCUT2D eigenvalue weighted by Crippen LogP contribution is 2.36. The molecule has 4 heterocycles. The molecule has 0 radical (unpaired) electrons. The molecule has 4 saturated heterocycles. The van der Waals surface area contributed by atoms with Crippen LogP contribution in [0, 0.1) is 5.92 Å². The maximum atomic E-state index is 14.6. The number of rotatable bonds is 21. The highest BCUT2D eigenvalue weighted by molar-refractivity contribution is 6.03. The maximum Gasteiger partial charge on any atom is 0.272 e. The molecule has 7 rings (SSSR count). The SMILES string of the molecule is CNC(C)C(=O)NC1CCCCC2CCC(C(=O)NCc3cccc(Nc4c(OC(C)CC5CCC6CCC(C(=O)NCc7cccc(NC(=O)CC(C)=O)c7)N6C(=O)C(NC(=O)C(C)NC)C5)c(=O)c4=O)c3)N2C1=O. The number of nitrogens with one attached hydrogen (secondary N) is 8. The first-order chi connectivity index (χ1) is 36.3. The third-order valence-electron chi connectivity index (χ3n) is 15.4. The van der Waals surface area contributed by atoms with Gasteiger partial charge < -0.3 is 57.1 Å². The highest BCUT2D eigenvalue weighted by atomic mass is 16.5. The summed E-state index contributed by atoms with van der Waals surface area (Å²) in [5.74, 6) is -2.89. The maximum absolute atomic E-state index is 14.6. The number of hydrogen-bond donors (Lipinski definition) is 8. The van der Waals surface area contributed by atoms with Crippen molar-refractivity contribution in [3.8, 4) is 5.75 Å². The van der Waals surface area contributed by atoms with E-state index in [1.54, 1.807) is 87.1 Å². The van der Waals surface area contributed by atoms with E-state index in [-0.39, 0.29) is 96.6 Å². The summed E-state index contributed by atoms with van der Waals surface area (Å²) in [6.45, 7) is 6.77. The van der Waals surface area contributed by atoms with E-state index in [9.17, 15) is 47.9 Å². The van der Waals surface area contributed by atoms with Gasteiger partial charge >= 0.3 is 0 Å². The Bertz CT molecular complexity index is 2720. The normalized spacial score (nSPS) is 23.8. The minimum Gasteiger partial charge on any atom is -0.484 e. The van der Waals surface area contributed by atoms with Gasteiger partial charge in [0.05, 0.1) is 24.6 Å². The Morgan fingerprint density at radius 1 is 0.645 bits per heavy atom. The zero-order chi connectivity index (χ0) is 54.8. The molecule has 21 nitrogen and oxygen atoms in total. The van der Waals surface area contributed by atoms with Gasteiger partial charge in [-0.2, -0.15) is 0 Å². The molecular weight excluding hydrogens is 977 g/mol. The Labute approximate surface area is 442 Å². The first-order valence-corrected chi connectivity index (χ1v) is 26.7. The van der Waals surface area contributed by atoms with E-state index in [1.165, 1.54) is 6.92 Å². The Kier molecular flexibility index (Phi) is 19.2. The topological polar surface area (TPSA) is 283 Å². The number of amides is 7. The quantitative estimate of drug-likeness (QED) is 0.0562. The lowest BCUT2D eigenvalue weighted by molar-refractivity contribution is -0.145. The lowest BCUT2D eigenvalue weighted by Gasteiger charge is -2.38. The van der Waals surface area contributed by atoms with Crippen LogP contribution in [-0.4, -0.2) is 125 Å². The summed E-state index contributed by atoms with van der Waals surface area (Å²) in [6.07, 6.45) is 6.14. The van der Waals surface area contributed by atoms with Crippen LogP contribution in [0.3, 0.4) is 0 Å². The number of anilines is 3. The van der Waals surface area contributed by atoms with Gasteiger partial charge in [0.25, 0.3) is 10.9 Å². The number of fused-ring (bicyclic) bond motifs is 2. The molecule has 3 aromatic rings. The number of ketones is 1. The van der Waals surface area contributed by atoms with Gasteiger partial charge in [0.2, 0.25) is 41.4 Å². The van der Waals surface area contributed by atoms with Crippen molar-refractivity contribution in [2.24, 2.45) is 5.92 Å². The van der Waals surface area contributed by atoms with Gasteiger partial charge in [0.1, 0.15) is 35.6 Å². The summed E-state index contributed by atoms with van der Waals surface area (Å²) >= 11 is 0. The van der Waals surface area contributed by atoms with Crippen LogP contribution >= 0.6 is 0 Å². The predicted molar refractivity (Wildman–Crippen MR) is 284 cm³/mol. The number of benzene rings is 2. The Morgan fingerprint density at radius 3 is 1.76 bits per heavy atom. The fraction of sp³-hybridized carbons (Fsp3) is 0.564. The first-order valence-electron chi connectivity index (χ1n) is 26.7. The smallest absolute Gasteiger partial charge is 0.272 e. The Hall–Kier alpha value is -7.00. The molecule has 8 N–H and O–H groups in total. The van der Waals surface area contributed by atoms with Gasteiger partial charge in [0, 0.05) is 36.5 Å². The number of nitrogens with zero attached hydrogens (tertiary/aromatic N) is 2. The Balaban J connectivity index is 0.959. The van der Waals surface area contributed by atoms with E-state index >= 15 is 0 Å². The fourth-order valence-electron chi connectivity index (χ4n) is 11.1. The van der Waals surface area contributed by atoms with Crippen molar-refractivity contribution in [1.82, 2.24) is 41.7 Å². The average Bonchev–Trinajstić information content (AvgIpc) is 4.04. The van der Waals surface area contributed by atoms with Gasteiger partial charge in [0.15, 0.2) is 5.75 Å². The lowest BCUT2D eigenvalue weighted by atomic mass is 9.85. The number of Topliss-reactive ketones (excluding diaryl/α,β-unsaturated/α-hetero) is 1. The summed E-state index contributed by atoms with van der Waals surface area (Å²) in [6, 6.07) is 9.31. The van der Waals surface area contributed by atoms with Crippen LogP contribution in [0.15, 0.2) is 58.1 Å². The molecule has 0 aromatic heterocycles. The fourth-order valence-corrected chi connectivity index (χ4v) is 11.1. The van der Waals surface area contributed by atoms with Crippen LogP contribution in [-0.2, 0) is 51.4 Å². The summed E-state index contributed by atoms with van der Waals surface area (Å²) < 4.78 is 6.20. The van der Waals surface area contributed by atoms with E-state index in [1.807, 2.05) is 6.07 Å². The number of hydrogen-bond acceptors (Lipinski definition) is 14. The molecule has 0 aliphatic carbocycles. The molecule has 21 heteroatoms. The molecule has 410 valence electrons.